The first-order valence-electron chi connectivity index (χ1n) is 10.6. The number of nitrogens with one attached hydrogen (secondary N) is 1. The van der Waals surface area contributed by atoms with Gasteiger partial charge in [0.05, 0.1) is 29.1 Å². The summed E-state index contributed by atoms with van der Waals surface area (Å²) in [6.07, 6.45) is 0.405. The lowest BCUT2D eigenvalue weighted by atomic mass is 10.0. The van der Waals surface area contributed by atoms with E-state index in [2.05, 4.69) is 53.8 Å². The molecule has 2 atom stereocenters. The van der Waals surface area contributed by atoms with Crippen LogP contribution >= 0.6 is 15.9 Å². The molecule has 2 unspecified atom stereocenters. The molecule has 2 aromatic carbocycles. The summed E-state index contributed by atoms with van der Waals surface area (Å²) >= 11 is 3.53. The van der Waals surface area contributed by atoms with Gasteiger partial charge in [-0.3, -0.25) is 19.8 Å². The van der Waals surface area contributed by atoms with Gasteiger partial charge in [-0.15, -0.1) is 0 Å². The number of hydrogen-bond acceptors (Lipinski definition) is 5. The van der Waals surface area contributed by atoms with E-state index >= 15 is 0 Å². The molecule has 6 rings (SSSR count). The number of aromatic amines is 1. The van der Waals surface area contributed by atoms with E-state index in [1.54, 1.807) is 0 Å². The van der Waals surface area contributed by atoms with Crippen molar-refractivity contribution >= 4 is 32.7 Å². The average molecular weight is 492 g/mol. The van der Waals surface area contributed by atoms with Crippen LogP contribution in [-0.2, 0) is 24.3 Å². The summed E-state index contributed by atoms with van der Waals surface area (Å²) in [6, 6.07) is 16.2. The fourth-order valence-electron chi connectivity index (χ4n) is 4.88. The summed E-state index contributed by atoms with van der Waals surface area (Å²) in [7, 11) is 0. The average Bonchev–Trinajstić information content (AvgIpc) is 3.43. The second-order valence-corrected chi connectivity index (χ2v) is 9.35. The van der Waals surface area contributed by atoms with Gasteiger partial charge in [-0.1, -0.05) is 46.3 Å². The third-order valence-corrected chi connectivity index (χ3v) is 7.11. The number of benzene rings is 2. The molecule has 2 aliphatic heterocycles. The van der Waals surface area contributed by atoms with Gasteiger partial charge in [0.15, 0.2) is 5.82 Å². The fourth-order valence-corrected chi connectivity index (χ4v) is 5.24. The van der Waals surface area contributed by atoms with E-state index in [1.165, 1.54) is 10.6 Å². The van der Waals surface area contributed by atoms with Gasteiger partial charge in [0.25, 0.3) is 5.91 Å². The topological polar surface area (TPSA) is 96.1 Å². The lowest BCUT2D eigenvalue weighted by molar-refractivity contribution is -0.130. The number of hydrogen-bond donors (Lipinski definition) is 2. The van der Waals surface area contributed by atoms with Crippen molar-refractivity contribution in [3.63, 3.8) is 0 Å². The van der Waals surface area contributed by atoms with E-state index < -0.39 is 0 Å². The SMILES string of the molecule is CC1N(N)C(=O)C2Cc3nc(-c4n[nH]c5cc(Br)ccc45)n(Cc4ccccc4)c3CN21. The normalized spacial score (nSPS) is 20.7. The first kappa shape index (κ1) is 19.7. The molecule has 9 heteroatoms. The van der Waals surface area contributed by atoms with Crippen LogP contribution in [0.3, 0.4) is 0 Å². The number of hydrazine groups is 1. The number of rotatable bonds is 3. The van der Waals surface area contributed by atoms with Crippen molar-refractivity contribution in [1.29, 1.82) is 0 Å². The Bertz CT molecular complexity index is 1350. The Balaban J connectivity index is 1.51. The molecule has 4 aromatic rings. The van der Waals surface area contributed by atoms with Crippen molar-refractivity contribution in [3.05, 3.63) is 70.0 Å². The molecule has 0 spiro atoms. The Kier molecular flexibility index (Phi) is 4.46. The van der Waals surface area contributed by atoms with Crippen molar-refractivity contribution in [2.24, 2.45) is 5.84 Å². The van der Waals surface area contributed by atoms with Crippen LogP contribution in [0.15, 0.2) is 53.0 Å². The van der Waals surface area contributed by atoms with Crippen LogP contribution in [0.5, 0.6) is 0 Å². The Morgan fingerprint density at radius 2 is 2.03 bits per heavy atom. The zero-order valence-electron chi connectivity index (χ0n) is 17.5. The second kappa shape index (κ2) is 7.26. The summed E-state index contributed by atoms with van der Waals surface area (Å²) in [5, 5.41) is 10.1. The first-order valence-corrected chi connectivity index (χ1v) is 11.4. The Labute approximate surface area is 193 Å². The number of H-pyrrole nitrogens is 1. The largest absolute Gasteiger partial charge is 0.321 e. The maximum absolute atomic E-state index is 12.7. The molecule has 162 valence electrons. The zero-order chi connectivity index (χ0) is 22.0. The van der Waals surface area contributed by atoms with E-state index in [0.29, 0.717) is 19.5 Å². The molecule has 3 N–H and O–H groups in total. The van der Waals surface area contributed by atoms with E-state index in [-0.39, 0.29) is 18.1 Å². The van der Waals surface area contributed by atoms with Gasteiger partial charge in [-0.2, -0.15) is 5.10 Å². The number of fused-ring (bicyclic) bond motifs is 3. The van der Waals surface area contributed by atoms with Crippen LogP contribution in [0.4, 0.5) is 0 Å². The maximum atomic E-state index is 12.7. The van der Waals surface area contributed by atoms with Crippen molar-refractivity contribution in [3.8, 4) is 11.5 Å². The van der Waals surface area contributed by atoms with Crippen LogP contribution < -0.4 is 5.84 Å². The predicted octanol–water partition coefficient (Wildman–Crippen LogP) is 3.03. The van der Waals surface area contributed by atoms with Crippen LogP contribution in [0.2, 0.25) is 0 Å². The highest BCUT2D eigenvalue weighted by atomic mass is 79.9. The number of halogens is 1. The van der Waals surface area contributed by atoms with E-state index in [0.717, 1.165) is 38.3 Å². The summed E-state index contributed by atoms with van der Waals surface area (Å²) in [5.74, 6) is 6.80. The number of amides is 1. The molecular formula is C23H22BrN7O. The molecule has 2 aromatic heterocycles. The minimum absolute atomic E-state index is 0.0441. The number of aromatic nitrogens is 4. The van der Waals surface area contributed by atoms with Gasteiger partial charge >= 0.3 is 0 Å². The summed E-state index contributed by atoms with van der Waals surface area (Å²) in [4.78, 5) is 19.9. The third kappa shape index (κ3) is 2.92. The third-order valence-electron chi connectivity index (χ3n) is 6.62. The van der Waals surface area contributed by atoms with Gasteiger partial charge in [-0.25, -0.2) is 10.8 Å². The Hall–Kier alpha value is -3.01. The van der Waals surface area contributed by atoms with Gasteiger partial charge < -0.3 is 4.57 Å². The number of nitrogens with two attached hydrogens (primary N) is 1. The number of carbonyl (C=O) groups excluding carboxylic acids is 1. The molecule has 8 nitrogen and oxygen atoms in total. The summed E-state index contributed by atoms with van der Waals surface area (Å²) < 4.78 is 3.24. The molecule has 0 radical (unpaired) electrons. The molecule has 0 aliphatic carbocycles. The number of imidazole rings is 1. The predicted molar refractivity (Wildman–Crippen MR) is 124 cm³/mol. The fraction of sp³-hybridized carbons (Fsp3) is 0.261. The highest BCUT2D eigenvalue weighted by Crippen LogP contribution is 2.35. The molecule has 0 saturated carbocycles. The molecule has 4 heterocycles. The zero-order valence-corrected chi connectivity index (χ0v) is 19.1. The number of nitrogens with zero attached hydrogens (tertiary/aromatic N) is 5. The standard InChI is InChI=1S/C23H22BrN7O/c1-13-29-12-20-18(10-19(29)23(32)31(13)25)26-22(30(20)11-14-5-3-2-4-6-14)21-16-8-7-15(24)9-17(16)27-28-21/h2-9,13,19H,10-12,25H2,1H3,(H,27,28). The molecular weight excluding hydrogens is 470 g/mol. The molecule has 1 saturated heterocycles. The quantitative estimate of drug-likeness (QED) is 0.339. The highest BCUT2D eigenvalue weighted by molar-refractivity contribution is 9.10. The van der Waals surface area contributed by atoms with Gasteiger partial charge in [0.2, 0.25) is 0 Å². The van der Waals surface area contributed by atoms with Crippen molar-refractivity contribution < 1.29 is 4.79 Å². The van der Waals surface area contributed by atoms with E-state index in [9.17, 15) is 4.79 Å². The van der Waals surface area contributed by atoms with Crippen LogP contribution in [0.25, 0.3) is 22.4 Å². The van der Waals surface area contributed by atoms with Crippen molar-refractivity contribution in [1.82, 2.24) is 29.7 Å². The summed E-state index contributed by atoms with van der Waals surface area (Å²) in [6.45, 7) is 3.27. The highest BCUT2D eigenvalue weighted by Gasteiger charge is 2.46. The molecule has 2 aliphatic rings. The smallest absolute Gasteiger partial charge is 0.255 e. The van der Waals surface area contributed by atoms with Crippen LogP contribution in [0, 0.1) is 0 Å². The minimum atomic E-state index is -0.262. The lowest BCUT2D eigenvalue weighted by Gasteiger charge is -2.30. The number of carbonyl (C=O) groups is 1. The van der Waals surface area contributed by atoms with Crippen molar-refractivity contribution in [2.75, 3.05) is 0 Å². The second-order valence-electron chi connectivity index (χ2n) is 8.43. The maximum Gasteiger partial charge on any atom is 0.255 e. The Morgan fingerprint density at radius 3 is 2.84 bits per heavy atom. The van der Waals surface area contributed by atoms with Crippen LogP contribution in [-0.4, -0.2) is 47.8 Å². The van der Waals surface area contributed by atoms with Crippen LogP contribution in [0.1, 0.15) is 23.9 Å². The van der Waals surface area contributed by atoms with E-state index in [4.69, 9.17) is 10.8 Å². The Morgan fingerprint density at radius 1 is 1.22 bits per heavy atom. The van der Waals surface area contributed by atoms with Gasteiger partial charge in [0, 0.05) is 29.4 Å². The monoisotopic (exact) mass is 491 g/mol. The van der Waals surface area contributed by atoms with E-state index in [1.807, 2.05) is 37.3 Å². The lowest BCUT2D eigenvalue weighted by Crippen LogP contribution is -2.43. The molecule has 1 amide bonds. The first-order chi connectivity index (χ1) is 15.5. The summed E-state index contributed by atoms with van der Waals surface area (Å²) in [5.41, 5.74) is 5.01. The van der Waals surface area contributed by atoms with Gasteiger partial charge in [0.1, 0.15) is 5.69 Å². The van der Waals surface area contributed by atoms with Gasteiger partial charge in [-0.05, 0) is 30.7 Å². The molecule has 0 bridgehead atoms. The van der Waals surface area contributed by atoms with Crippen molar-refractivity contribution in [2.45, 2.75) is 38.6 Å². The molecule has 1 fully saturated rings. The minimum Gasteiger partial charge on any atom is -0.321 e. The molecule has 32 heavy (non-hydrogen) atoms.